The molecular formula is C17H26N2O. The Morgan fingerprint density at radius 3 is 2.80 bits per heavy atom. The highest BCUT2D eigenvalue weighted by Crippen LogP contribution is 2.29. The number of rotatable bonds is 3. The van der Waals surface area contributed by atoms with Crippen LogP contribution in [0.2, 0.25) is 0 Å². The maximum Gasteiger partial charge on any atom is 0.0730 e. The summed E-state index contributed by atoms with van der Waals surface area (Å²) >= 11 is 0. The molecule has 1 aliphatic carbocycles. The third-order valence-electron chi connectivity index (χ3n) is 4.78. The fraction of sp³-hybridized carbons (Fsp3) is 0.647. The van der Waals surface area contributed by atoms with E-state index in [0.717, 1.165) is 19.7 Å². The Labute approximate surface area is 122 Å². The number of fused-ring (bicyclic) bond motifs is 1. The summed E-state index contributed by atoms with van der Waals surface area (Å²) in [5.41, 5.74) is 8.95. The summed E-state index contributed by atoms with van der Waals surface area (Å²) in [5.74, 6) is 0. The number of aryl methyl sites for hydroxylation is 1. The average molecular weight is 274 g/mol. The molecule has 0 amide bonds. The van der Waals surface area contributed by atoms with E-state index in [-0.39, 0.29) is 6.04 Å². The van der Waals surface area contributed by atoms with Crippen LogP contribution in [0.4, 0.5) is 0 Å². The van der Waals surface area contributed by atoms with E-state index < -0.39 is 0 Å². The Kier molecular flexibility index (Phi) is 4.39. The molecule has 20 heavy (non-hydrogen) atoms. The Balaban J connectivity index is 1.65. The summed E-state index contributed by atoms with van der Waals surface area (Å²) in [7, 11) is 0. The molecule has 3 heteroatoms. The zero-order chi connectivity index (χ0) is 13.9. The Morgan fingerprint density at radius 1 is 1.25 bits per heavy atom. The summed E-state index contributed by atoms with van der Waals surface area (Å²) in [5, 5.41) is 0. The highest BCUT2D eigenvalue weighted by atomic mass is 16.5. The lowest BCUT2D eigenvalue weighted by molar-refractivity contribution is -0.0894. The predicted octanol–water partition coefficient (Wildman–Crippen LogP) is 2.64. The molecule has 0 aromatic heterocycles. The van der Waals surface area contributed by atoms with Gasteiger partial charge in [0.1, 0.15) is 0 Å². The van der Waals surface area contributed by atoms with E-state index in [1.807, 2.05) is 0 Å². The van der Waals surface area contributed by atoms with Gasteiger partial charge in [-0.15, -0.1) is 0 Å². The monoisotopic (exact) mass is 274 g/mol. The molecule has 1 saturated carbocycles. The Bertz CT molecular complexity index is 429. The van der Waals surface area contributed by atoms with E-state index in [4.69, 9.17) is 10.5 Å². The topological polar surface area (TPSA) is 38.5 Å². The number of morpholine rings is 1. The van der Waals surface area contributed by atoms with Crippen LogP contribution in [-0.2, 0) is 4.74 Å². The van der Waals surface area contributed by atoms with E-state index in [0.29, 0.717) is 12.1 Å². The molecule has 2 fully saturated rings. The van der Waals surface area contributed by atoms with Gasteiger partial charge >= 0.3 is 0 Å². The van der Waals surface area contributed by atoms with Crippen molar-refractivity contribution in [3.8, 4) is 0 Å². The normalized spacial score (nSPS) is 28.9. The van der Waals surface area contributed by atoms with Crippen molar-refractivity contribution < 1.29 is 4.74 Å². The summed E-state index contributed by atoms with van der Waals surface area (Å²) < 4.78 is 5.93. The quantitative estimate of drug-likeness (QED) is 0.921. The van der Waals surface area contributed by atoms with Crippen LogP contribution in [0.5, 0.6) is 0 Å². The molecule has 0 bridgehead atoms. The van der Waals surface area contributed by atoms with Crippen LogP contribution in [0.25, 0.3) is 0 Å². The van der Waals surface area contributed by atoms with E-state index in [9.17, 15) is 0 Å². The molecule has 3 nitrogen and oxygen atoms in total. The summed E-state index contributed by atoms with van der Waals surface area (Å²) in [6, 6.07) is 9.33. The molecule has 1 heterocycles. The Morgan fingerprint density at radius 2 is 2.00 bits per heavy atom. The summed E-state index contributed by atoms with van der Waals surface area (Å²) in [6.07, 6.45) is 5.59. The molecule has 1 aliphatic heterocycles. The standard InChI is InChI=1S/C17H26N2O/c1-13-6-8-14(9-7-13)15(18)12-19-10-11-20-17-5-3-2-4-16(17)19/h6-9,15-17H,2-5,10-12,18H2,1H3. The third-order valence-corrected chi connectivity index (χ3v) is 4.78. The van der Waals surface area contributed by atoms with Crippen LogP contribution in [0.1, 0.15) is 42.9 Å². The molecule has 3 atom stereocenters. The van der Waals surface area contributed by atoms with Gasteiger partial charge in [0.2, 0.25) is 0 Å². The average Bonchev–Trinajstić information content (AvgIpc) is 2.48. The fourth-order valence-electron chi connectivity index (χ4n) is 3.57. The van der Waals surface area contributed by atoms with Crippen LogP contribution >= 0.6 is 0 Å². The zero-order valence-corrected chi connectivity index (χ0v) is 12.4. The number of nitrogens with two attached hydrogens (primary N) is 1. The first-order valence-electron chi connectivity index (χ1n) is 7.92. The lowest BCUT2D eigenvalue weighted by Crippen LogP contribution is -2.54. The number of hydrogen-bond donors (Lipinski definition) is 1. The van der Waals surface area contributed by atoms with E-state index in [1.54, 1.807) is 0 Å². The molecule has 0 radical (unpaired) electrons. The second-order valence-electron chi connectivity index (χ2n) is 6.27. The first-order valence-corrected chi connectivity index (χ1v) is 7.92. The molecule has 2 aliphatic rings. The molecule has 110 valence electrons. The lowest BCUT2D eigenvalue weighted by Gasteiger charge is -2.44. The highest BCUT2D eigenvalue weighted by Gasteiger charge is 2.34. The molecule has 3 unspecified atom stereocenters. The van der Waals surface area contributed by atoms with Gasteiger partial charge in [0.15, 0.2) is 0 Å². The van der Waals surface area contributed by atoms with Gasteiger partial charge in [-0.25, -0.2) is 0 Å². The highest BCUT2D eigenvalue weighted by molar-refractivity contribution is 5.24. The van der Waals surface area contributed by atoms with Gasteiger partial charge < -0.3 is 10.5 Å². The van der Waals surface area contributed by atoms with Crippen molar-refractivity contribution in [1.82, 2.24) is 4.90 Å². The first kappa shape index (κ1) is 14.1. The van der Waals surface area contributed by atoms with Crippen molar-refractivity contribution in [2.45, 2.75) is 50.8 Å². The largest absolute Gasteiger partial charge is 0.375 e. The maximum atomic E-state index is 6.42. The number of benzene rings is 1. The third kappa shape index (κ3) is 3.05. The number of hydrogen-bond acceptors (Lipinski definition) is 3. The molecule has 1 aromatic carbocycles. The van der Waals surface area contributed by atoms with Crippen molar-refractivity contribution in [2.75, 3.05) is 19.7 Å². The van der Waals surface area contributed by atoms with Crippen molar-refractivity contribution in [2.24, 2.45) is 5.73 Å². The van der Waals surface area contributed by atoms with Gasteiger partial charge in [0, 0.05) is 25.2 Å². The smallest absolute Gasteiger partial charge is 0.0730 e. The van der Waals surface area contributed by atoms with Gasteiger partial charge in [-0.05, 0) is 25.3 Å². The maximum absolute atomic E-state index is 6.42. The molecule has 2 N–H and O–H groups in total. The van der Waals surface area contributed by atoms with E-state index in [2.05, 4.69) is 36.1 Å². The van der Waals surface area contributed by atoms with Gasteiger partial charge in [0.25, 0.3) is 0 Å². The van der Waals surface area contributed by atoms with Crippen molar-refractivity contribution in [3.63, 3.8) is 0 Å². The van der Waals surface area contributed by atoms with E-state index >= 15 is 0 Å². The molecule has 1 aromatic rings. The lowest BCUT2D eigenvalue weighted by atomic mass is 9.89. The molecule has 0 spiro atoms. The second kappa shape index (κ2) is 6.25. The second-order valence-corrected chi connectivity index (χ2v) is 6.27. The molecule has 1 saturated heterocycles. The minimum absolute atomic E-state index is 0.108. The van der Waals surface area contributed by atoms with Crippen LogP contribution < -0.4 is 5.73 Å². The summed E-state index contributed by atoms with van der Waals surface area (Å²) in [6.45, 7) is 4.96. The zero-order valence-electron chi connectivity index (χ0n) is 12.4. The van der Waals surface area contributed by atoms with Crippen molar-refractivity contribution >= 4 is 0 Å². The van der Waals surface area contributed by atoms with Crippen LogP contribution in [0.15, 0.2) is 24.3 Å². The number of ether oxygens (including phenoxy) is 1. The predicted molar refractivity (Wildman–Crippen MR) is 81.7 cm³/mol. The van der Waals surface area contributed by atoms with Crippen molar-refractivity contribution in [3.05, 3.63) is 35.4 Å². The molecular weight excluding hydrogens is 248 g/mol. The minimum atomic E-state index is 0.108. The fourth-order valence-corrected chi connectivity index (χ4v) is 3.57. The van der Waals surface area contributed by atoms with Gasteiger partial charge in [0.05, 0.1) is 12.7 Å². The van der Waals surface area contributed by atoms with Gasteiger partial charge in [-0.3, -0.25) is 4.90 Å². The van der Waals surface area contributed by atoms with Crippen LogP contribution in [-0.4, -0.2) is 36.7 Å². The van der Waals surface area contributed by atoms with E-state index in [1.165, 1.54) is 36.8 Å². The SMILES string of the molecule is Cc1ccc(C(N)CN2CCOC3CCCCC32)cc1. The van der Waals surface area contributed by atoms with Crippen LogP contribution in [0.3, 0.4) is 0 Å². The van der Waals surface area contributed by atoms with Gasteiger partial charge in [-0.1, -0.05) is 42.7 Å². The van der Waals surface area contributed by atoms with Crippen molar-refractivity contribution in [1.29, 1.82) is 0 Å². The van der Waals surface area contributed by atoms with Crippen LogP contribution in [0, 0.1) is 6.92 Å². The Hall–Kier alpha value is -0.900. The number of nitrogens with zero attached hydrogens (tertiary/aromatic N) is 1. The first-order chi connectivity index (χ1) is 9.74. The van der Waals surface area contributed by atoms with Gasteiger partial charge in [-0.2, -0.15) is 0 Å². The summed E-state index contributed by atoms with van der Waals surface area (Å²) in [4.78, 5) is 2.57. The molecule has 3 rings (SSSR count). The minimum Gasteiger partial charge on any atom is -0.375 e.